The second kappa shape index (κ2) is 5.08. The van der Waals surface area contributed by atoms with Crippen molar-refractivity contribution >= 4 is 11.3 Å². The van der Waals surface area contributed by atoms with Crippen LogP contribution in [0.3, 0.4) is 0 Å². The lowest BCUT2D eigenvalue weighted by Gasteiger charge is -2.26. The van der Waals surface area contributed by atoms with Gasteiger partial charge in [0.15, 0.2) is 0 Å². The zero-order valence-electron chi connectivity index (χ0n) is 9.62. The number of hydrogen-bond acceptors (Lipinski definition) is 3. The Morgan fingerprint density at radius 3 is 2.93 bits per heavy atom. The molecule has 1 aliphatic rings. The van der Waals surface area contributed by atoms with Crippen molar-refractivity contribution < 1.29 is 0 Å². The van der Waals surface area contributed by atoms with Crippen LogP contribution in [-0.4, -0.2) is 11.5 Å². The zero-order valence-corrected chi connectivity index (χ0v) is 10.4. The van der Waals surface area contributed by atoms with Crippen molar-refractivity contribution in [2.24, 2.45) is 5.92 Å². The highest BCUT2D eigenvalue weighted by Crippen LogP contribution is 2.26. The van der Waals surface area contributed by atoms with Crippen molar-refractivity contribution in [3.8, 4) is 0 Å². The van der Waals surface area contributed by atoms with Crippen LogP contribution in [-0.2, 0) is 6.42 Å². The van der Waals surface area contributed by atoms with Crippen LogP contribution >= 0.6 is 11.3 Å². The predicted molar refractivity (Wildman–Crippen MR) is 65.3 cm³/mol. The topological polar surface area (TPSA) is 24.9 Å². The van der Waals surface area contributed by atoms with Gasteiger partial charge in [0.25, 0.3) is 0 Å². The Morgan fingerprint density at radius 2 is 2.40 bits per heavy atom. The number of nitrogens with one attached hydrogen (secondary N) is 1. The number of hydrogen-bond donors (Lipinski definition) is 1. The lowest BCUT2D eigenvalue weighted by molar-refractivity contribution is 0.292. The van der Waals surface area contributed by atoms with Gasteiger partial charge in [0.1, 0.15) is 5.01 Å². The van der Waals surface area contributed by atoms with E-state index >= 15 is 0 Å². The fourth-order valence-electron chi connectivity index (χ4n) is 1.81. The molecule has 84 valence electrons. The molecular weight excluding hydrogens is 204 g/mol. The highest BCUT2D eigenvalue weighted by atomic mass is 32.1. The Morgan fingerprint density at radius 1 is 1.60 bits per heavy atom. The minimum absolute atomic E-state index is 0.427. The first-order valence-electron chi connectivity index (χ1n) is 5.97. The standard InChI is InChI=1S/C12H20N2S/c1-3-11-8-14-12(15-11)9(2)13-7-10-5-4-6-10/h8-10,13H,3-7H2,1-2H3. The first-order valence-corrected chi connectivity index (χ1v) is 6.79. The van der Waals surface area contributed by atoms with Gasteiger partial charge in [0.2, 0.25) is 0 Å². The van der Waals surface area contributed by atoms with Crippen LogP contribution in [0.2, 0.25) is 0 Å². The molecule has 0 amide bonds. The smallest absolute Gasteiger partial charge is 0.109 e. The van der Waals surface area contributed by atoms with Gasteiger partial charge in [-0.25, -0.2) is 4.98 Å². The van der Waals surface area contributed by atoms with Gasteiger partial charge in [-0.1, -0.05) is 13.3 Å². The average Bonchev–Trinajstić information content (AvgIpc) is 2.63. The maximum atomic E-state index is 4.46. The first-order chi connectivity index (χ1) is 7.29. The summed E-state index contributed by atoms with van der Waals surface area (Å²) in [6, 6.07) is 0.427. The molecule has 3 heteroatoms. The summed E-state index contributed by atoms with van der Waals surface area (Å²) in [5.41, 5.74) is 0. The predicted octanol–water partition coefficient (Wildman–Crippen LogP) is 3.16. The third-order valence-corrected chi connectivity index (χ3v) is 4.55. The Hall–Kier alpha value is -0.410. The Labute approximate surface area is 96.1 Å². The molecule has 1 saturated carbocycles. The zero-order chi connectivity index (χ0) is 10.7. The van der Waals surface area contributed by atoms with E-state index in [1.54, 1.807) is 0 Å². The van der Waals surface area contributed by atoms with Crippen LogP contribution in [0.5, 0.6) is 0 Å². The van der Waals surface area contributed by atoms with Gasteiger partial charge in [-0.2, -0.15) is 0 Å². The quantitative estimate of drug-likeness (QED) is 0.831. The van der Waals surface area contributed by atoms with E-state index < -0.39 is 0 Å². The summed E-state index contributed by atoms with van der Waals surface area (Å²) in [6.45, 7) is 5.57. The number of aryl methyl sites for hydroxylation is 1. The van der Waals surface area contributed by atoms with E-state index in [1.165, 1.54) is 35.7 Å². The summed E-state index contributed by atoms with van der Waals surface area (Å²) >= 11 is 1.84. The van der Waals surface area contributed by atoms with Gasteiger partial charge in [-0.3, -0.25) is 0 Å². The minimum atomic E-state index is 0.427. The molecule has 2 rings (SSSR count). The molecule has 1 N–H and O–H groups in total. The van der Waals surface area contributed by atoms with Crippen molar-refractivity contribution in [1.82, 2.24) is 10.3 Å². The molecule has 1 aromatic rings. The molecule has 0 bridgehead atoms. The average molecular weight is 224 g/mol. The van der Waals surface area contributed by atoms with E-state index in [0.717, 1.165) is 12.3 Å². The molecule has 1 aliphatic carbocycles. The minimum Gasteiger partial charge on any atom is -0.308 e. The number of rotatable bonds is 5. The van der Waals surface area contributed by atoms with Crippen LogP contribution in [0.4, 0.5) is 0 Å². The molecule has 1 fully saturated rings. The maximum absolute atomic E-state index is 4.46. The van der Waals surface area contributed by atoms with Crippen molar-refractivity contribution in [2.75, 3.05) is 6.54 Å². The van der Waals surface area contributed by atoms with Crippen molar-refractivity contribution in [1.29, 1.82) is 0 Å². The Balaban J connectivity index is 1.80. The van der Waals surface area contributed by atoms with Crippen molar-refractivity contribution in [3.05, 3.63) is 16.1 Å². The van der Waals surface area contributed by atoms with Crippen molar-refractivity contribution in [2.45, 2.75) is 45.6 Å². The molecular formula is C12H20N2S. The molecule has 0 aliphatic heterocycles. The summed E-state index contributed by atoms with van der Waals surface area (Å²) in [7, 11) is 0. The van der Waals surface area contributed by atoms with Gasteiger partial charge >= 0.3 is 0 Å². The van der Waals surface area contributed by atoms with E-state index in [2.05, 4.69) is 24.1 Å². The summed E-state index contributed by atoms with van der Waals surface area (Å²) in [4.78, 5) is 5.86. The maximum Gasteiger partial charge on any atom is 0.109 e. The van der Waals surface area contributed by atoms with Crippen LogP contribution in [0, 0.1) is 5.92 Å². The molecule has 0 saturated heterocycles. The molecule has 1 unspecified atom stereocenters. The van der Waals surface area contributed by atoms with Gasteiger partial charge in [0.05, 0.1) is 6.04 Å². The van der Waals surface area contributed by atoms with E-state index in [-0.39, 0.29) is 0 Å². The Kier molecular flexibility index (Phi) is 3.76. The summed E-state index contributed by atoms with van der Waals surface area (Å²) in [6.07, 6.45) is 7.38. The molecule has 0 spiro atoms. The summed E-state index contributed by atoms with van der Waals surface area (Å²) in [5.74, 6) is 0.929. The molecule has 0 radical (unpaired) electrons. The lowest BCUT2D eigenvalue weighted by atomic mass is 9.85. The fourth-order valence-corrected chi connectivity index (χ4v) is 2.70. The van der Waals surface area contributed by atoms with Crippen LogP contribution in [0.15, 0.2) is 6.20 Å². The van der Waals surface area contributed by atoms with Crippen LogP contribution in [0.1, 0.15) is 49.0 Å². The molecule has 15 heavy (non-hydrogen) atoms. The molecule has 1 atom stereocenters. The van der Waals surface area contributed by atoms with Gasteiger partial charge < -0.3 is 5.32 Å². The van der Waals surface area contributed by atoms with Gasteiger partial charge in [0, 0.05) is 11.1 Å². The first kappa shape index (κ1) is 11.1. The normalized spacial score (nSPS) is 18.8. The second-order valence-electron chi connectivity index (χ2n) is 4.45. The third-order valence-electron chi connectivity index (χ3n) is 3.23. The van der Waals surface area contributed by atoms with E-state index in [1.807, 2.05) is 17.5 Å². The van der Waals surface area contributed by atoms with Crippen LogP contribution in [0.25, 0.3) is 0 Å². The molecule has 1 heterocycles. The van der Waals surface area contributed by atoms with Gasteiger partial charge in [-0.05, 0) is 38.6 Å². The number of nitrogens with zero attached hydrogens (tertiary/aromatic N) is 1. The van der Waals surface area contributed by atoms with Crippen molar-refractivity contribution in [3.63, 3.8) is 0 Å². The SMILES string of the molecule is CCc1cnc(C(C)NCC2CCC2)s1. The molecule has 2 nitrogen and oxygen atoms in total. The van der Waals surface area contributed by atoms with Crippen LogP contribution < -0.4 is 5.32 Å². The van der Waals surface area contributed by atoms with E-state index in [4.69, 9.17) is 0 Å². The van der Waals surface area contributed by atoms with E-state index in [0.29, 0.717) is 6.04 Å². The molecule has 0 aromatic carbocycles. The highest BCUT2D eigenvalue weighted by Gasteiger charge is 2.18. The Bertz CT molecular complexity index is 304. The number of thiazole rings is 1. The monoisotopic (exact) mass is 224 g/mol. The second-order valence-corrected chi connectivity index (χ2v) is 5.59. The largest absolute Gasteiger partial charge is 0.308 e. The number of aromatic nitrogens is 1. The highest BCUT2D eigenvalue weighted by molar-refractivity contribution is 7.11. The summed E-state index contributed by atoms with van der Waals surface area (Å²) < 4.78 is 0. The van der Waals surface area contributed by atoms with Gasteiger partial charge in [-0.15, -0.1) is 11.3 Å². The third kappa shape index (κ3) is 2.79. The lowest BCUT2D eigenvalue weighted by Crippen LogP contribution is -2.29. The molecule has 1 aromatic heterocycles. The van der Waals surface area contributed by atoms with E-state index in [9.17, 15) is 0 Å². The summed E-state index contributed by atoms with van der Waals surface area (Å²) in [5, 5.41) is 4.83. The fraction of sp³-hybridized carbons (Fsp3) is 0.750.